The minimum atomic E-state index is -5.65. The summed E-state index contributed by atoms with van der Waals surface area (Å²) in [5.41, 5.74) is -5.10. The molecule has 0 amide bonds. The summed E-state index contributed by atoms with van der Waals surface area (Å²) >= 11 is 0. The van der Waals surface area contributed by atoms with Crippen molar-refractivity contribution in [1.82, 2.24) is 0 Å². The van der Waals surface area contributed by atoms with Gasteiger partial charge in [0.05, 0.1) is 6.61 Å². The number of hydrogen-bond donors (Lipinski definition) is 0. The zero-order chi connectivity index (χ0) is 29.0. The highest BCUT2D eigenvalue weighted by molar-refractivity contribution is 7.87. The number of carbonyl (C=O) groups is 1. The monoisotopic (exact) mass is 572 g/mol. The summed E-state index contributed by atoms with van der Waals surface area (Å²) in [6.45, 7) is 17.6. The smallest absolute Gasteiger partial charge is 0.300 e. The van der Waals surface area contributed by atoms with Crippen LogP contribution in [0.5, 0.6) is 0 Å². The van der Waals surface area contributed by atoms with E-state index in [-0.39, 0.29) is 39.4 Å². The molecule has 0 aromatic carbocycles. The predicted octanol–water partition coefficient (Wildman–Crippen LogP) is 8.08. The Morgan fingerprint density at radius 1 is 0.923 bits per heavy atom. The maximum absolute atomic E-state index is 13.2. The third-order valence-corrected chi connectivity index (χ3v) is 14.5. The van der Waals surface area contributed by atoms with Crippen LogP contribution in [0.25, 0.3) is 0 Å². The SMILES string of the molecule is C=C(C)[C@@H]1CC[C@]2(COS(=O)(=O)C(F)(F)F)CC[C@]3(C)[C@H](CC[C@@H]4[C@@]5(C)CC(=O)CC(C)(C)[C@@H]5CC[C@]43C)[C@@H]12. The molecule has 0 aromatic heterocycles. The molecule has 0 spiro atoms. The molecule has 0 bridgehead atoms. The molecule has 0 aliphatic heterocycles. The maximum atomic E-state index is 13.2. The van der Waals surface area contributed by atoms with Gasteiger partial charge < -0.3 is 0 Å². The molecule has 0 radical (unpaired) electrons. The van der Waals surface area contributed by atoms with Crippen molar-refractivity contribution < 1.29 is 30.6 Å². The van der Waals surface area contributed by atoms with Crippen molar-refractivity contribution in [3.05, 3.63) is 12.2 Å². The van der Waals surface area contributed by atoms with Gasteiger partial charge in [-0.3, -0.25) is 8.98 Å². The lowest BCUT2D eigenvalue weighted by Crippen LogP contribution is -2.66. The number of ketones is 1. The first-order valence-electron chi connectivity index (χ1n) is 14.9. The van der Waals surface area contributed by atoms with Gasteiger partial charge in [0.2, 0.25) is 0 Å². The third-order valence-electron chi connectivity index (χ3n) is 13.5. The van der Waals surface area contributed by atoms with Gasteiger partial charge in [-0.05, 0) is 115 Å². The van der Waals surface area contributed by atoms with Gasteiger partial charge in [-0.1, -0.05) is 46.8 Å². The molecule has 5 aliphatic rings. The molecule has 0 aromatic rings. The summed E-state index contributed by atoms with van der Waals surface area (Å²) in [5.74, 6) is 1.73. The predicted molar refractivity (Wildman–Crippen MR) is 145 cm³/mol. The van der Waals surface area contributed by atoms with Crippen molar-refractivity contribution in [3.8, 4) is 0 Å². The molecule has 0 N–H and O–H groups in total. The summed E-state index contributed by atoms with van der Waals surface area (Å²) in [4.78, 5) is 13.1. The van der Waals surface area contributed by atoms with E-state index < -0.39 is 27.6 Å². The average Bonchev–Trinajstić information content (AvgIpc) is 3.16. The second-order valence-corrected chi connectivity index (χ2v) is 17.2. The van der Waals surface area contributed by atoms with E-state index in [4.69, 9.17) is 4.18 Å². The largest absolute Gasteiger partial charge is 0.523 e. The van der Waals surface area contributed by atoms with E-state index in [2.05, 4.69) is 41.2 Å². The van der Waals surface area contributed by atoms with E-state index in [1.807, 2.05) is 6.92 Å². The Bertz CT molecular complexity index is 1160. The molecule has 0 saturated heterocycles. The Morgan fingerprint density at radius 2 is 1.59 bits per heavy atom. The molecule has 0 unspecified atom stereocenters. The number of halogens is 3. The van der Waals surface area contributed by atoms with Crippen LogP contribution in [-0.2, 0) is 19.1 Å². The topological polar surface area (TPSA) is 60.4 Å². The van der Waals surface area contributed by atoms with Crippen LogP contribution in [-0.4, -0.2) is 26.3 Å². The quantitative estimate of drug-likeness (QED) is 0.194. The van der Waals surface area contributed by atoms with Gasteiger partial charge in [-0.2, -0.15) is 21.6 Å². The van der Waals surface area contributed by atoms with Gasteiger partial charge in [0, 0.05) is 12.8 Å². The van der Waals surface area contributed by atoms with E-state index in [9.17, 15) is 26.4 Å². The van der Waals surface area contributed by atoms with Gasteiger partial charge in [0.15, 0.2) is 0 Å². The summed E-state index contributed by atoms with van der Waals surface area (Å²) in [6.07, 6.45) is 8.43. The van der Waals surface area contributed by atoms with E-state index >= 15 is 0 Å². The number of carbonyl (C=O) groups excluding carboxylic acids is 1. The molecule has 0 heterocycles. The first-order chi connectivity index (χ1) is 17.7. The molecule has 8 heteroatoms. The molecule has 9 atom stereocenters. The zero-order valence-corrected chi connectivity index (χ0v) is 25.4. The van der Waals surface area contributed by atoms with Crippen molar-refractivity contribution in [2.24, 2.45) is 56.7 Å². The third kappa shape index (κ3) is 4.06. The molecule has 5 saturated carbocycles. The normalized spacial score (nSPS) is 47.5. The Labute approximate surface area is 233 Å². The number of alkyl halides is 3. The van der Waals surface area contributed by atoms with Crippen LogP contribution < -0.4 is 0 Å². The fourth-order valence-corrected chi connectivity index (χ4v) is 12.3. The van der Waals surface area contributed by atoms with E-state index in [0.29, 0.717) is 43.3 Å². The number of hydrogen-bond acceptors (Lipinski definition) is 4. The second-order valence-electron chi connectivity index (χ2n) is 15.6. The lowest BCUT2D eigenvalue weighted by atomic mass is 9.32. The number of fused-ring (bicyclic) bond motifs is 7. The van der Waals surface area contributed by atoms with E-state index in [0.717, 1.165) is 44.1 Å². The maximum Gasteiger partial charge on any atom is 0.523 e. The van der Waals surface area contributed by atoms with Crippen molar-refractivity contribution in [2.45, 2.75) is 111 Å². The standard InChI is InChI=1S/C31H47F3O4S/c1-19(2)21-10-13-30(18-38-39(36,37)31(32,33)34)15-14-28(6)22(25(21)30)8-9-24-27(5)17-20(35)16-26(3,4)23(27)11-12-29(24,28)7/h21-25H,1,8-18H2,2-7H3/t21-,22+,23-,24+,25+,27-,28+,29+,30+/m0/s1. The highest BCUT2D eigenvalue weighted by atomic mass is 32.2. The van der Waals surface area contributed by atoms with Gasteiger partial charge in [0.25, 0.3) is 0 Å². The number of allylic oxidation sites excluding steroid dienone is 1. The van der Waals surface area contributed by atoms with Gasteiger partial charge in [0.1, 0.15) is 5.78 Å². The highest BCUT2D eigenvalue weighted by Crippen LogP contribution is 2.77. The lowest BCUT2D eigenvalue weighted by molar-refractivity contribution is -0.235. The molecular formula is C31H47F3O4S. The van der Waals surface area contributed by atoms with Crippen LogP contribution >= 0.6 is 0 Å². The van der Waals surface area contributed by atoms with Crippen molar-refractivity contribution in [2.75, 3.05) is 6.61 Å². The summed E-state index contributed by atoms with van der Waals surface area (Å²) in [5, 5.41) is 0. The van der Waals surface area contributed by atoms with E-state index in [1.54, 1.807) is 0 Å². The first kappa shape index (κ1) is 29.6. The molecular weight excluding hydrogens is 525 g/mol. The van der Waals surface area contributed by atoms with Crippen LogP contribution in [0, 0.1) is 56.7 Å². The lowest BCUT2D eigenvalue weighted by Gasteiger charge is -2.72. The van der Waals surface area contributed by atoms with Gasteiger partial charge in [-0.25, -0.2) is 0 Å². The zero-order valence-electron chi connectivity index (χ0n) is 24.5. The van der Waals surface area contributed by atoms with Crippen LogP contribution in [0.2, 0.25) is 0 Å². The first-order valence-corrected chi connectivity index (χ1v) is 16.3. The molecule has 5 rings (SSSR count). The van der Waals surface area contributed by atoms with Crippen molar-refractivity contribution >= 4 is 15.9 Å². The van der Waals surface area contributed by atoms with Crippen molar-refractivity contribution in [3.63, 3.8) is 0 Å². The fourth-order valence-electron chi connectivity index (χ4n) is 11.8. The summed E-state index contributed by atoms with van der Waals surface area (Å²) in [6, 6.07) is 0. The Morgan fingerprint density at radius 3 is 2.21 bits per heavy atom. The van der Waals surface area contributed by atoms with Crippen LogP contribution in [0.3, 0.4) is 0 Å². The second kappa shape index (κ2) is 8.81. The molecule has 5 fully saturated rings. The summed E-state index contributed by atoms with van der Waals surface area (Å²) in [7, 11) is -5.65. The molecule has 4 nitrogen and oxygen atoms in total. The number of Topliss-reactive ketones (excluding diaryl/α,β-unsaturated/α-hetero) is 1. The average molecular weight is 573 g/mol. The Hall–Kier alpha value is -0.890. The molecule has 222 valence electrons. The Kier molecular flexibility index (Phi) is 6.69. The van der Waals surface area contributed by atoms with Gasteiger partial charge in [-0.15, -0.1) is 0 Å². The fraction of sp³-hybridized carbons (Fsp3) is 0.903. The van der Waals surface area contributed by atoms with Crippen molar-refractivity contribution in [1.29, 1.82) is 0 Å². The molecule has 5 aliphatic carbocycles. The van der Waals surface area contributed by atoms with Gasteiger partial charge >= 0.3 is 15.6 Å². The number of rotatable bonds is 4. The van der Waals surface area contributed by atoms with Crippen LogP contribution in [0.15, 0.2) is 12.2 Å². The summed E-state index contributed by atoms with van der Waals surface area (Å²) < 4.78 is 68.3. The highest BCUT2D eigenvalue weighted by Gasteiger charge is 2.71. The minimum absolute atomic E-state index is 0.00213. The minimum Gasteiger partial charge on any atom is -0.300 e. The molecule has 39 heavy (non-hydrogen) atoms. The van der Waals surface area contributed by atoms with Crippen LogP contribution in [0.4, 0.5) is 13.2 Å². The van der Waals surface area contributed by atoms with E-state index in [1.165, 1.54) is 0 Å². The van der Waals surface area contributed by atoms with Crippen LogP contribution in [0.1, 0.15) is 106 Å². The Balaban J connectivity index is 1.52.